The standard InChI is InChI=1S/C9H10N2O/c1-12-7-6-10-8-9-4-2-3-5-11-9/h2-8H,1H3. The van der Waals surface area contributed by atoms with E-state index in [4.69, 9.17) is 0 Å². The first kappa shape index (κ1) is 8.46. The highest BCUT2D eigenvalue weighted by molar-refractivity contribution is 5.77. The van der Waals surface area contributed by atoms with Crippen molar-refractivity contribution in [3.8, 4) is 0 Å². The zero-order chi connectivity index (χ0) is 8.65. The van der Waals surface area contributed by atoms with Crippen LogP contribution in [-0.4, -0.2) is 18.3 Å². The molecule has 0 radical (unpaired) electrons. The zero-order valence-electron chi connectivity index (χ0n) is 6.84. The normalized spacial score (nSPS) is 11.1. The van der Waals surface area contributed by atoms with Gasteiger partial charge in [-0.05, 0) is 12.1 Å². The molecule has 0 aliphatic heterocycles. The number of ether oxygens (including phenoxy) is 1. The first-order valence-corrected chi connectivity index (χ1v) is 3.55. The van der Waals surface area contributed by atoms with Crippen LogP contribution in [0.2, 0.25) is 0 Å². The van der Waals surface area contributed by atoms with Gasteiger partial charge >= 0.3 is 0 Å². The SMILES string of the molecule is COC=CN=Cc1ccccn1. The fourth-order valence-electron chi connectivity index (χ4n) is 0.668. The molecule has 0 aliphatic rings. The molecule has 1 heterocycles. The maximum Gasteiger partial charge on any atom is 0.101 e. The highest BCUT2D eigenvalue weighted by Gasteiger charge is 1.81. The van der Waals surface area contributed by atoms with Crippen molar-refractivity contribution in [3.05, 3.63) is 42.6 Å². The van der Waals surface area contributed by atoms with Gasteiger partial charge in [0, 0.05) is 6.20 Å². The van der Waals surface area contributed by atoms with Crippen LogP contribution in [0.1, 0.15) is 5.69 Å². The van der Waals surface area contributed by atoms with Crippen molar-refractivity contribution in [1.29, 1.82) is 0 Å². The number of hydrogen-bond donors (Lipinski definition) is 0. The van der Waals surface area contributed by atoms with Gasteiger partial charge in [-0.15, -0.1) is 0 Å². The molecule has 0 saturated heterocycles. The van der Waals surface area contributed by atoms with Crippen LogP contribution in [0.25, 0.3) is 0 Å². The van der Waals surface area contributed by atoms with Crippen molar-refractivity contribution < 1.29 is 4.74 Å². The molecule has 0 amide bonds. The molecule has 0 atom stereocenters. The number of rotatable bonds is 3. The average molecular weight is 162 g/mol. The van der Waals surface area contributed by atoms with Crippen LogP contribution in [0.4, 0.5) is 0 Å². The van der Waals surface area contributed by atoms with E-state index < -0.39 is 0 Å². The van der Waals surface area contributed by atoms with E-state index in [-0.39, 0.29) is 0 Å². The number of aromatic nitrogens is 1. The van der Waals surface area contributed by atoms with E-state index in [1.807, 2.05) is 18.2 Å². The highest BCUT2D eigenvalue weighted by atomic mass is 16.5. The lowest BCUT2D eigenvalue weighted by atomic mass is 10.4. The van der Waals surface area contributed by atoms with Crippen molar-refractivity contribution in [1.82, 2.24) is 4.98 Å². The minimum absolute atomic E-state index is 0.832. The Morgan fingerprint density at radius 2 is 2.42 bits per heavy atom. The lowest BCUT2D eigenvalue weighted by Gasteiger charge is -1.87. The quantitative estimate of drug-likeness (QED) is 0.500. The van der Waals surface area contributed by atoms with Crippen LogP contribution in [0.5, 0.6) is 0 Å². The minimum atomic E-state index is 0.832. The minimum Gasteiger partial charge on any atom is -0.503 e. The molecule has 12 heavy (non-hydrogen) atoms. The molecule has 0 saturated carbocycles. The van der Waals surface area contributed by atoms with E-state index in [1.165, 1.54) is 6.26 Å². The Hall–Kier alpha value is -1.64. The first-order chi connectivity index (χ1) is 5.93. The molecule has 0 bridgehead atoms. The van der Waals surface area contributed by atoms with Crippen molar-refractivity contribution in [3.63, 3.8) is 0 Å². The first-order valence-electron chi connectivity index (χ1n) is 3.55. The number of hydrogen-bond acceptors (Lipinski definition) is 3. The fraction of sp³-hybridized carbons (Fsp3) is 0.111. The number of pyridine rings is 1. The van der Waals surface area contributed by atoms with Gasteiger partial charge in [-0.1, -0.05) is 6.07 Å². The molecular formula is C9H10N2O. The molecule has 1 aromatic heterocycles. The average Bonchev–Trinajstić information content (AvgIpc) is 2.14. The Labute approximate surface area is 71.4 Å². The summed E-state index contributed by atoms with van der Waals surface area (Å²) >= 11 is 0. The van der Waals surface area contributed by atoms with Gasteiger partial charge in [-0.25, -0.2) is 0 Å². The van der Waals surface area contributed by atoms with Crippen LogP contribution in [0, 0.1) is 0 Å². The van der Waals surface area contributed by atoms with Gasteiger partial charge in [-0.3, -0.25) is 9.98 Å². The van der Waals surface area contributed by atoms with Gasteiger partial charge in [0.25, 0.3) is 0 Å². The van der Waals surface area contributed by atoms with Gasteiger partial charge in [-0.2, -0.15) is 0 Å². The van der Waals surface area contributed by atoms with E-state index in [9.17, 15) is 0 Å². The summed E-state index contributed by atoms with van der Waals surface area (Å²) in [6.07, 6.45) is 6.45. The van der Waals surface area contributed by atoms with E-state index in [0.29, 0.717) is 0 Å². The molecule has 0 aromatic carbocycles. The van der Waals surface area contributed by atoms with Gasteiger partial charge in [0.05, 0.1) is 25.2 Å². The van der Waals surface area contributed by atoms with E-state index >= 15 is 0 Å². The third kappa shape index (κ3) is 2.96. The molecule has 0 unspecified atom stereocenters. The summed E-state index contributed by atoms with van der Waals surface area (Å²) in [6.45, 7) is 0. The predicted octanol–water partition coefficient (Wildman–Crippen LogP) is 1.62. The van der Waals surface area contributed by atoms with Crippen LogP contribution >= 0.6 is 0 Å². The number of aliphatic imine (C=N–C) groups is 1. The van der Waals surface area contributed by atoms with E-state index in [0.717, 1.165) is 5.69 Å². The van der Waals surface area contributed by atoms with Crippen molar-refractivity contribution in [2.75, 3.05) is 7.11 Å². The Bertz CT molecular complexity index is 267. The number of nitrogens with zero attached hydrogens (tertiary/aromatic N) is 2. The van der Waals surface area contributed by atoms with Crippen LogP contribution < -0.4 is 0 Å². The lowest BCUT2D eigenvalue weighted by molar-refractivity contribution is 0.337. The molecule has 3 nitrogen and oxygen atoms in total. The molecular weight excluding hydrogens is 152 g/mol. The molecule has 0 aliphatic carbocycles. The van der Waals surface area contributed by atoms with E-state index in [1.54, 1.807) is 25.7 Å². The smallest absolute Gasteiger partial charge is 0.101 e. The second-order valence-corrected chi connectivity index (χ2v) is 2.05. The molecule has 62 valence electrons. The second-order valence-electron chi connectivity index (χ2n) is 2.05. The Kier molecular flexibility index (Phi) is 3.57. The van der Waals surface area contributed by atoms with Crippen molar-refractivity contribution in [2.24, 2.45) is 4.99 Å². The summed E-state index contributed by atoms with van der Waals surface area (Å²) in [5.74, 6) is 0. The lowest BCUT2D eigenvalue weighted by Crippen LogP contribution is -1.83. The van der Waals surface area contributed by atoms with Gasteiger partial charge in [0.1, 0.15) is 6.26 Å². The van der Waals surface area contributed by atoms with Gasteiger partial charge in [0.2, 0.25) is 0 Å². The molecule has 1 rings (SSSR count). The topological polar surface area (TPSA) is 34.5 Å². The third-order valence-corrected chi connectivity index (χ3v) is 1.18. The molecule has 0 spiro atoms. The maximum absolute atomic E-state index is 4.67. The van der Waals surface area contributed by atoms with Crippen LogP contribution in [0.15, 0.2) is 41.9 Å². The highest BCUT2D eigenvalue weighted by Crippen LogP contribution is 1.88. The third-order valence-electron chi connectivity index (χ3n) is 1.18. The van der Waals surface area contributed by atoms with E-state index in [2.05, 4.69) is 14.7 Å². The van der Waals surface area contributed by atoms with Gasteiger partial charge < -0.3 is 4.74 Å². The fourth-order valence-corrected chi connectivity index (χ4v) is 0.668. The van der Waals surface area contributed by atoms with Crippen molar-refractivity contribution >= 4 is 6.21 Å². The molecule has 0 fully saturated rings. The Morgan fingerprint density at radius 3 is 3.08 bits per heavy atom. The van der Waals surface area contributed by atoms with Gasteiger partial charge in [0.15, 0.2) is 0 Å². The summed E-state index contributed by atoms with van der Waals surface area (Å²) in [5.41, 5.74) is 0.832. The summed E-state index contributed by atoms with van der Waals surface area (Å²) in [5, 5.41) is 0. The summed E-state index contributed by atoms with van der Waals surface area (Å²) < 4.78 is 4.67. The Balaban J connectivity index is 2.52. The summed E-state index contributed by atoms with van der Waals surface area (Å²) in [7, 11) is 1.58. The number of methoxy groups -OCH3 is 1. The second kappa shape index (κ2) is 5.07. The van der Waals surface area contributed by atoms with Crippen molar-refractivity contribution in [2.45, 2.75) is 0 Å². The zero-order valence-corrected chi connectivity index (χ0v) is 6.84. The van der Waals surface area contributed by atoms with Crippen LogP contribution in [-0.2, 0) is 4.74 Å². The molecule has 1 aromatic rings. The largest absolute Gasteiger partial charge is 0.503 e. The molecule has 3 heteroatoms. The van der Waals surface area contributed by atoms with Crippen LogP contribution in [0.3, 0.4) is 0 Å². The maximum atomic E-state index is 4.67. The monoisotopic (exact) mass is 162 g/mol. The Morgan fingerprint density at radius 1 is 1.50 bits per heavy atom. The molecule has 0 N–H and O–H groups in total. The summed E-state index contributed by atoms with van der Waals surface area (Å²) in [4.78, 5) is 7.99. The summed E-state index contributed by atoms with van der Waals surface area (Å²) in [6, 6.07) is 5.65. The predicted molar refractivity (Wildman–Crippen MR) is 48.0 cm³/mol.